The molecular formula is C16H20F3NO3. The highest BCUT2D eigenvalue weighted by atomic mass is 19.4. The first-order chi connectivity index (χ1) is 10.5. The minimum absolute atomic E-state index is 0.0931. The Bertz CT molecular complexity index is 586. The molecule has 128 valence electrons. The van der Waals surface area contributed by atoms with E-state index in [2.05, 4.69) is 5.32 Å². The highest BCUT2D eigenvalue weighted by molar-refractivity contribution is 5.86. The molecule has 1 rings (SSSR count). The lowest BCUT2D eigenvalue weighted by Gasteiger charge is -2.25. The van der Waals surface area contributed by atoms with Crippen molar-refractivity contribution in [1.29, 1.82) is 0 Å². The number of benzene rings is 1. The largest absolute Gasteiger partial charge is 0.480 e. The van der Waals surface area contributed by atoms with Crippen molar-refractivity contribution in [2.24, 2.45) is 0 Å². The average molecular weight is 331 g/mol. The van der Waals surface area contributed by atoms with Crippen molar-refractivity contribution in [1.82, 2.24) is 5.32 Å². The zero-order valence-electron chi connectivity index (χ0n) is 13.2. The molecule has 1 aromatic carbocycles. The summed E-state index contributed by atoms with van der Waals surface area (Å²) in [7, 11) is 0. The van der Waals surface area contributed by atoms with Gasteiger partial charge in [0.05, 0.1) is 5.56 Å². The topological polar surface area (TPSA) is 66.4 Å². The summed E-state index contributed by atoms with van der Waals surface area (Å²) >= 11 is 0. The molecule has 0 aliphatic heterocycles. The van der Waals surface area contributed by atoms with Crippen LogP contribution >= 0.6 is 0 Å². The Kier molecular flexibility index (Phi) is 5.80. The van der Waals surface area contributed by atoms with Gasteiger partial charge in [0.25, 0.3) is 0 Å². The maximum atomic E-state index is 12.7. The van der Waals surface area contributed by atoms with Crippen LogP contribution in [0.25, 0.3) is 0 Å². The number of amides is 1. The van der Waals surface area contributed by atoms with Gasteiger partial charge in [0.15, 0.2) is 0 Å². The van der Waals surface area contributed by atoms with E-state index in [1.807, 2.05) is 0 Å². The molecule has 0 heterocycles. The van der Waals surface area contributed by atoms with Crippen LogP contribution in [0.15, 0.2) is 24.3 Å². The average Bonchev–Trinajstić information content (AvgIpc) is 2.45. The molecule has 0 radical (unpaired) electrons. The van der Waals surface area contributed by atoms with E-state index in [4.69, 9.17) is 5.11 Å². The Morgan fingerprint density at radius 2 is 1.91 bits per heavy atom. The van der Waals surface area contributed by atoms with Gasteiger partial charge in [-0.1, -0.05) is 32.0 Å². The number of rotatable bonds is 6. The molecular weight excluding hydrogens is 311 g/mol. The minimum atomic E-state index is -4.44. The van der Waals surface area contributed by atoms with Gasteiger partial charge in [0, 0.05) is 6.42 Å². The second-order valence-corrected chi connectivity index (χ2v) is 5.77. The van der Waals surface area contributed by atoms with Crippen molar-refractivity contribution >= 4 is 11.9 Å². The van der Waals surface area contributed by atoms with Gasteiger partial charge in [0.2, 0.25) is 5.91 Å². The van der Waals surface area contributed by atoms with Crippen LogP contribution in [0.3, 0.4) is 0 Å². The van der Waals surface area contributed by atoms with E-state index >= 15 is 0 Å². The van der Waals surface area contributed by atoms with Crippen molar-refractivity contribution in [3.63, 3.8) is 0 Å². The van der Waals surface area contributed by atoms with Crippen LogP contribution in [-0.2, 0) is 15.8 Å². The SMILES string of the molecule is CCC(C)(NC(=O)CC(C)c1cccc(C(F)(F)F)c1)C(=O)O. The number of carbonyl (C=O) groups is 2. The lowest BCUT2D eigenvalue weighted by Crippen LogP contribution is -2.51. The third-order valence-electron chi connectivity index (χ3n) is 3.87. The fourth-order valence-electron chi connectivity index (χ4n) is 2.07. The molecule has 0 fully saturated rings. The van der Waals surface area contributed by atoms with Crippen LogP contribution in [0.2, 0.25) is 0 Å². The van der Waals surface area contributed by atoms with E-state index in [0.29, 0.717) is 5.56 Å². The number of nitrogens with one attached hydrogen (secondary N) is 1. The van der Waals surface area contributed by atoms with Gasteiger partial charge in [-0.05, 0) is 30.9 Å². The van der Waals surface area contributed by atoms with Gasteiger partial charge < -0.3 is 10.4 Å². The molecule has 1 amide bonds. The first-order valence-corrected chi connectivity index (χ1v) is 7.21. The summed E-state index contributed by atoms with van der Waals surface area (Å²) in [6.07, 6.45) is -4.34. The second kappa shape index (κ2) is 7.02. The summed E-state index contributed by atoms with van der Waals surface area (Å²) in [5.41, 5.74) is -1.78. The second-order valence-electron chi connectivity index (χ2n) is 5.77. The van der Waals surface area contributed by atoms with E-state index in [0.717, 1.165) is 12.1 Å². The van der Waals surface area contributed by atoms with Crippen LogP contribution in [0.5, 0.6) is 0 Å². The van der Waals surface area contributed by atoms with Crippen LogP contribution in [0.1, 0.15) is 50.7 Å². The van der Waals surface area contributed by atoms with Gasteiger partial charge in [-0.15, -0.1) is 0 Å². The van der Waals surface area contributed by atoms with E-state index in [1.165, 1.54) is 19.1 Å². The lowest BCUT2D eigenvalue weighted by atomic mass is 9.94. The molecule has 0 aliphatic carbocycles. The van der Waals surface area contributed by atoms with Gasteiger partial charge in [-0.3, -0.25) is 4.79 Å². The van der Waals surface area contributed by atoms with E-state index in [-0.39, 0.29) is 12.8 Å². The number of carboxylic acid groups (broad SMARTS) is 1. The van der Waals surface area contributed by atoms with Gasteiger partial charge in [0.1, 0.15) is 5.54 Å². The summed E-state index contributed by atoms with van der Waals surface area (Å²) in [5, 5.41) is 11.5. The molecule has 0 bridgehead atoms. The zero-order chi connectivity index (χ0) is 17.8. The molecule has 0 saturated heterocycles. The Morgan fingerprint density at radius 3 is 2.39 bits per heavy atom. The molecule has 0 aromatic heterocycles. The number of carboxylic acids is 1. The zero-order valence-corrected chi connectivity index (χ0v) is 13.2. The lowest BCUT2D eigenvalue weighted by molar-refractivity contribution is -0.147. The Balaban J connectivity index is 2.82. The number of hydrogen-bond acceptors (Lipinski definition) is 2. The number of aliphatic carboxylic acids is 1. The molecule has 1 aromatic rings. The van der Waals surface area contributed by atoms with E-state index in [9.17, 15) is 22.8 Å². The van der Waals surface area contributed by atoms with Crippen molar-refractivity contribution < 1.29 is 27.9 Å². The van der Waals surface area contributed by atoms with Crippen LogP contribution in [0, 0.1) is 0 Å². The molecule has 23 heavy (non-hydrogen) atoms. The molecule has 7 heteroatoms. The highest BCUT2D eigenvalue weighted by Crippen LogP contribution is 2.31. The van der Waals surface area contributed by atoms with E-state index in [1.54, 1.807) is 13.8 Å². The molecule has 4 nitrogen and oxygen atoms in total. The first-order valence-electron chi connectivity index (χ1n) is 7.21. The van der Waals surface area contributed by atoms with Crippen LogP contribution in [-0.4, -0.2) is 22.5 Å². The standard InChI is InChI=1S/C16H20F3NO3/c1-4-15(3,14(22)23)20-13(21)8-10(2)11-6-5-7-12(9-11)16(17,18)19/h5-7,9-10H,4,8H2,1-3H3,(H,20,21)(H,22,23). The quantitative estimate of drug-likeness (QED) is 0.837. The number of alkyl halides is 3. The summed E-state index contributed by atoms with van der Waals surface area (Å²) in [5.74, 6) is -2.13. The Morgan fingerprint density at radius 1 is 1.30 bits per heavy atom. The molecule has 0 spiro atoms. The minimum Gasteiger partial charge on any atom is -0.480 e. The van der Waals surface area contributed by atoms with Gasteiger partial charge in [-0.25, -0.2) is 4.79 Å². The maximum absolute atomic E-state index is 12.7. The fourth-order valence-corrected chi connectivity index (χ4v) is 2.07. The summed E-state index contributed by atoms with van der Waals surface area (Å²) < 4.78 is 38.1. The van der Waals surface area contributed by atoms with Crippen LogP contribution in [0.4, 0.5) is 13.2 Å². The predicted molar refractivity (Wildman–Crippen MR) is 79.0 cm³/mol. The fraction of sp³-hybridized carbons (Fsp3) is 0.500. The first kappa shape index (κ1) is 19.0. The Hall–Kier alpha value is -2.05. The van der Waals surface area contributed by atoms with Crippen molar-refractivity contribution in [2.45, 2.75) is 51.2 Å². The predicted octanol–water partition coefficient (Wildman–Crippen LogP) is 3.57. The van der Waals surface area contributed by atoms with Crippen LogP contribution < -0.4 is 5.32 Å². The summed E-state index contributed by atoms with van der Waals surface area (Å²) in [6.45, 7) is 4.64. The molecule has 2 unspecified atom stereocenters. The van der Waals surface area contributed by atoms with Gasteiger partial charge >= 0.3 is 12.1 Å². The third kappa shape index (κ3) is 4.97. The molecule has 2 N–H and O–H groups in total. The van der Waals surface area contributed by atoms with Crippen molar-refractivity contribution in [3.05, 3.63) is 35.4 Å². The third-order valence-corrected chi connectivity index (χ3v) is 3.87. The number of carbonyl (C=O) groups excluding carboxylic acids is 1. The van der Waals surface area contributed by atoms with E-state index < -0.39 is 35.1 Å². The smallest absolute Gasteiger partial charge is 0.416 e. The molecule has 0 aliphatic rings. The monoisotopic (exact) mass is 331 g/mol. The molecule has 0 saturated carbocycles. The number of hydrogen-bond donors (Lipinski definition) is 2. The van der Waals surface area contributed by atoms with Gasteiger partial charge in [-0.2, -0.15) is 13.2 Å². The Labute approximate surface area is 132 Å². The summed E-state index contributed by atoms with van der Waals surface area (Å²) in [6, 6.07) is 4.78. The maximum Gasteiger partial charge on any atom is 0.416 e. The normalized spacial score (nSPS) is 15.6. The summed E-state index contributed by atoms with van der Waals surface area (Å²) in [4.78, 5) is 23.1. The van der Waals surface area contributed by atoms with Crippen molar-refractivity contribution in [2.75, 3.05) is 0 Å². The van der Waals surface area contributed by atoms with Crippen molar-refractivity contribution in [3.8, 4) is 0 Å². The molecule has 2 atom stereocenters. The number of halogens is 3. The highest BCUT2D eigenvalue weighted by Gasteiger charge is 2.33.